The highest BCUT2D eigenvalue weighted by Crippen LogP contribution is 2.37. The number of hydrogen-bond acceptors (Lipinski definition) is 6. The molecule has 3 aromatic rings. The molecule has 0 fully saturated rings. The highest BCUT2D eigenvalue weighted by Gasteiger charge is 2.23. The van der Waals surface area contributed by atoms with Crippen molar-refractivity contribution >= 4 is 28.2 Å². The Morgan fingerprint density at radius 3 is 2.07 bits per heavy atom. The van der Waals surface area contributed by atoms with Gasteiger partial charge in [-0.1, -0.05) is 12.1 Å². The van der Waals surface area contributed by atoms with Crippen LogP contribution in [0.2, 0.25) is 0 Å². The zero-order valence-corrected chi connectivity index (χ0v) is 17.2. The van der Waals surface area contributed by atoms with Gasteiger partial charge in [-0.25, -0.2) is 4.79 Å². The Hall–Kier alpha value is -3.32. The Labute approximate surface area is 173 Å². The lowest BCUT2D eigenvalue weighted by atomic mass is 10.0. The van der Waals surface area contributed by atoms with Gasteiger partial charge >= 0.3 is 5.97 Å². The van der Waals surface area contributed by atoms with E-state index in [4.69, 9.17) is 14.2 Å². The zero-order chi connectivity index (χ0) is 20.8. The number of carbonyl (C=O) groups is 2. The monoisotopic (exact) mass is 411 g/mol. The van der Waals surface area contributed by atoms with Crippen molar-refractivity contribution in [3.05, 3.63) is 65.0 Å². The van der Waals surface area contributed by atoms with Crippen LogP contribution in [0.4, 0.5) is 5.00 Å². The minimum Gasteiger partial charge on any atom is -0.497 e. The topological polar surface area (TPSA) is 73.9 Å². The quantitative estimate of drug-likeness (QED) is 0.562. The molecule has 0 aliphatic heterocycles. The maximum absolute atomic E-state index is 12.7. The molecule has 0 aliphatic rings. The second-order valence-corrected chi connectivity index (χ2v) is 6.86. The van der Waals surface area contributed by atoms with Crippen LogP contribution in [0.3, 0.4) is 0 Å². The SMILES string of the molecule is CCOC(=O)c1c(-c2ccc(OC)cc2)csc1NC(=O)c1ccc(OC)cc1. The summed E-state index contributed by atoms with van der Waals surface area (Å²) in [6.07, 6.45) is 0. The van der Waals surface area contributed by atoms with Crippen molar-refractivity contribution in [2.45, 2.75) is 6.92 Å². The van der Waals surface area contributed by atoms with E-state index in [9.17, 15) is 9.59 Å². The Kier molecular flexibility index (Phi) is 6.51. The van der Waals surface area contributed by atoms with Gasteiger partial charge in [0.1, 0.15) is 22.1 Å². The number of anilines is 1. The van der Waals surface area contributed by atoms with E-state index >= 15 is 0 Å². The van der Waals surface area contributed by atoms with Crippen LogP contribution in [-0.4, -0.2) is 32.7 Å². The van der Waals surface area contributed by atoms with Gasteiger partial charge in [0.25, 0.3) is 5.91 Å². The average molecular weight is 411 g/mol. The van der Waals surface area contributed by atoms with E-state index in [0.29, 0.717) is 27.4 Å². The number of methoxy groups -OCH3 is 2. The summed E-state index contributed by atoms with van der Waals surface area (Å²) in [5.74, 6) is 0.576. The van der Waals surface area contributed by atoms with E-state index in [1.165, 1.54) is 11.3 Å². The van der Waals surface area contributed by atoms with Crippen molar-refractivity contribution in [2.24, 2.45) is 0 Å². The fourth-order valence-electron chi connectivity index (χ4n) is 2.76. The number of amides is 1. The fraction of sp³-hybridized carbons (Fsp3) is 0.182. The van der Waals surface area contributed by atoms with Gasteiger partial charge in [0, 0.05) is 16.5 Å². The van der Waals surface area contributed by atoms with Crippen LogP contribution in [0.5, 0.6) is 11.5 Å². The Morgan fingerprint density at radius 1 is 0.931 bits per heavy atom. The highest BCUT2D eigenvalue weighted by atomic mass is 32.1. The van der Waals surface area contributed by atoms with Gasteiger partial charge in [0.05, 0.1) is 20.8 Å². The summed E-state index contributed by atoms with van der Waals surface area (Å²) < 4.78 is 15.5. The normalized spacial score (nSPS) is 10.3. The van der Waals surface area contributed by atoms with E-state index in [1.807, 2.05) is 29.6 Å². The third kappa shape index (κ3) is 4.57. The zero-order valence-electron chi connectivity index (χ0n) is 16.4. The van der Waals surface area contributed by atoms with Gasteiger partial charge in [-0.2, -0.15) is 0 Å². The van der Waals surface area contributed by atoms with Crippen molar-refractivity contribution < 1.29 is 23.8 Å². The molecule has 150 valence electrons. The Bertz CT molecular complexity index is 993. The van der Waals surface area contributed by atoms with E-state index in [1.54, 1.807) is 45.4 Å². The molecule has 1 aromatic heterocycles. The fourth-order valence-corrected chi connectivity index (χ4v) is 3.71. The first kappa shape index (κ1) is 20.4. The van der Waals surface area contributed by atoms with E-state index < -0.39 is 5.97 Å². The molecule has 0 unspecified atom stereocenters. The van der Waals surface area contributed by atoms with Gasteiger partial charge in [0.2, 0.25) is 0 Å². The number of carbonyl (C=O) groups excluding carboxylic acids is 2. The largest absolute Gasteiger partial charge is 0.497 e. The van der Waals surface area contributed by atoms with Crippen LogP contribution < -0.4 is 14.8 Å². The summed E-state index contributed by atoms with van der Waals surface area (Å²) in [5.41, 5.74) is 2.32. The van der Waals surface area contributed by atoms with Gasteiger partial charge in [-0.15, -0.1) is 11.3 Å². The van der Waals surface area contributed by atoms with E-state index in [2.05, 4.69) is 5.32 Å². The molecule has 7 heteroatoms. The molecule has 29 heavy (non-hydrogen) atoms. The van der Waals surface area contributed by atoms with Crippen molar-refractivity contribution in [1.82, 2.24) is 0 Å². The van der Waals surface area contributed by atoms with Crippen LogP contribution >= 0.6 is 11.3 Å². The lowest BCUT2D eigenvalue weighted by Gasteiger charge is -2.09. The molecule has 6 nitrogen and oxygen atoms in total. The van der Waals surface area contributed by atoms with Gasteiger partial charge in [-0.3, -0.25) is 4.79 Å². The number of benzene rings is 2. The number of rotatable bonds is 7. The number of esters is 1. The standard InChI is InChI=1S/C22H21NO5S/c1-4-28-22(25)19-18(14-5-9-16(26-2)10-6-14)13-29-21(19)23-20(24)15-7-11-17(27-3)12-8-15/h5-13H,4H2,1-3H3,(H,23,24). The molecule has 0 radical (unpaired) electrons. The lowest BCUT2D eigenvalue weighted by Crippen LogP contribution is -2.14. The molecule has 1 amide bonds. The second-order valence-electron chi connectivity index (χ2n) is 5.99. The lowest BCUT2D eigenvalue weighted by molar-refractivity contribution is 0.0529. The minimum atomic E-state index is -0.482. The second kappa shape index (κ2) is 9.25. The van der Waals surface area contributed by atoms with Crippen LogP contribution in [0, 0.1) is 0 Å². The summed E-state index contributed by atoms with van der Waals surface area (Å²) >= 11 is 1.28. The summed E-state index contributed by atoms with van der Waals surface area (Å²) in [6.45, 7) is 1.98. The first-order valence-corrected chi connectivity index (χ1v) is 9.83. The number of ether oxygens (including phenoxy) is 3. The third-order valence-corrected chi connectivity index (χ3v) is 5.15. The van der Waals surface area contributed by atoms with E-state index in [-0.39, 0.29) is 12.5 Å². The first-order chi connectivity index (χ1) is 14.1. The summed E-state index contributed by atoms with van der Waals surface area (Å²) in [4.78, 5) is 25.3. The van der Waals surface area contributed by atoms with Crippen LogP contribution in [0.15, 0.2) is 53.9 Å². The van der Waals surface area contributed by atoms with Crippen molar-refractivity contribution in [3.8, 4) is 22.6 Å². The van der Waals surface area contributed by atoms with Gasteiger partial charge in [-0.05, 0) is 48.9 Å². The molecule has 0 saturated carbocycles. The number of hydrogen-bond donors (Lipinski definition) is 1. The molecule has 2 aromatic carbocycles. The smallest absolute Gasteiger partial charge is 0.341 e. The predicted octanol–water partition coefficient (Wildman–Crippen LogP) is 4.86. The summed E-state index contributed by atoms with van der Waals surface area (Å²) in [6, 6.07) is 14.1. The van der Waals surface area contributed by atoms with E-state index in [0.717, 1.165) is 11.3 Å². The molecular formula is C22H21NO5S. The van der Waals surface area contributed by atoms with Crippen LogP contribution in [-0.2, 0) is 4.74 Å². The van der Waals surface area contributed by atoms with Crippen LogP contribution in [0.25, 0.3) is 11.1 Å². The maximum atomic E-state index is 12.7. The Balaban J connectivity index is 1.93. The maximum Gasteiger partial charge on any atom is 0.341 e. The molecule has 1 N–H and O–H groups in total. The van der Waals surface area contributed by atoms with Crippen molar-refractivity contribution in [2.75, 3.05) is 26.1 Å². The van der Waals surface area contributed by atoms with Gasteiger partial charge in [0.15, 0.2) is 0 Å². The molecule has 0 saturated heterocycles. The number of nitrogens with one attached hydrogen (secondary N) is 1. The van der Waals surface area contributed by atoms with Crippen molar-refractivity contribution in [1.29, 1.82) is 0 Å². The highest BCUT2D eigenvalue weighted by molar-refractivity contribution is 7.15. The molecule has 0 spiro atoms. The predicted molar refractivity (Wildman–Crippen MR) is 113 cm³/mol. The molecule has 0 atom stereocenters. The minimum absolute atomic E-state index is 0.239. The molecule has 1 heterocycles. The third-order valence-electron chi connectivity index (χ3n) is 4.25. The van der Waals surface area contributed by atoms with Crippen LogP contribution in [0.1, 0.15) is 27.6 Å². The summed E-state index contributed by atoms with van der Waals surface area (Å²) in [7, 11) is 3.16. The average Bonchev–Trinajstić information content (AvgIpc) is 3.17. The molecular weight excluding hydrogens is 390 g/mol. The summed E-state index contributed by atoms with van der Waals surface area (Å²) in [5, 5.41) is 5.10. The first-order valence-electron chi connectivity index (χ1n) is 8.95. The molecule has 0 bridgehead atoms. The van der Waals surface area contributed by atoms with Gasteiger partial charge < -0.3 is 19.5 Å². The van der Waals surface area contributed by atoms with Crippen molar-refractivity contribution in [3.63, 3.8) is 0 Å². The number of thiophene rings is 1. The molecule has 0 aliphatic carbocycles. The Morgan fingerprint density at radius 2 is 1.52 bits per heavy atom. The molecule has 3 rings (SSSR count).